The Morgan fingerprint density at radius 3 is 2.61 bits per heavy atom. The van der Waals surface area contributed by atoms with Crippen LogP contribution >= 0.6 is 0 Å². The van der Waals surface area contributed by atoms with Gasteiger partial charge in [-0.25, -0.2) is 0 Å². The maximum atomic E-state index is 12.7. The van der Waals surface area contributed by atoms with Crippen LogP contribution in [0, 0.1) is 0 Å². The smallest absolute Gasteiger partial charge is 0.287 e. The summed E-state index contributed by atoms with van der Waals surface area (Å²) in [4.78, 5) is 27.5. The van der Waals surface area contributed by atoms with E-state index in [1.165, 1.54) is 6.26 Å². The Morgan fingerprint density at radius 1 is 1.11 bits per heavy atom. The molecule has 1 saturated heterocycles. The summed E-state index contributed by atoms with van der Waals surface area (Å²) in [6.45, 7) is 5.68. The van der Waals surface area contributed by atoms with Crippen LogP contribution in [0.3, 0.4) is 0 Å². The van der Waals surface area contributed by atoms with Gasteiger partial charge in [-0.1, -0.05) is 30.3 Å². The second-order valence-electron chi connectivity index (χ2n) is 6.93. The highest BCUT2D eigenvalue weighted by molar-refractivity contribution is 5.95. The number of furan rings is 1. The first-order valence-electron chi connectivity index (χ1n) is 9.81. The molecule has 7 heteroatoms. The Kier molecular flexibility index (Phi) is 7.63. The summed E-state index contributed by atoms with van der Waals surface area (Å²) >= 11 is 0. The molecule has 28 heavy (non-hydrogen) atoms. The largest absolute Gasteiger partial charge is 0.459 e. The minimum absolute atomic E-state index is 0.177. The van der Waals surface area contributed by atoms with Gasteiger partial charge in [0.2, 0.25) is 5.91 Å². The average Bonchev–Trinajstić information content (AvgIpc) is 3.27. The van der Waals surface area contributed by atoms with Gasteiger partial charge in [0.05, 0.1) is 6.26 Å². The molecule has 1 aromatic carbocycles. The number of hydrogen-bond acceptors (Lipinski definition) is 5. The predicted molar refractivity (Wildman–Crippen MR) is 107 cm³/mol. The van der Waals surface area contributed by atoms with E-state index in [1.807, 2.05) is 30.3 Å². The van der Waals surface area contributed by atoms with Crippen molar-refractivity contribution >= 4 is 11.8 Å². The fourth-order valence-corrected chi connectivity index (χ4v) is 3.27. The Morgan fingerprint density at radius 2 is 1.89 bits per heavy atom. The van der Waals surface area contributed by atoms with Crippen LogP contribution in [0.1, 0.15) is 22.5 Å². The molecule has 1 aliphatic heterocycles. The molecule has 2 heterocycles. The molecule has 1 unspecified atom stereocenters. The van der Waals surface area contributed by atoms with Gasteiger partial charge >= 0.3 is 0 Å². The summed E-state index contributed by atoms with van der Waals surface area (Å²) in [7, 11) is 0. The lowest BCUT2D eigenvalue weighted by atomic mass is 10.0. The zero-order chi connectivity index (χ0) is 19.6. The number of piperazine rings is 1. The van der Waals surface area contributed by atoms with Crippen LogP contribution in [-0.4, -0.2) is 62.0 Å². The lowest BCUT2D eigenvalue weighted by Crippen LogP contribution is -2.48. The molecule has 0 spiro atoms. The number of amides is 2. The van der Waals surface area contributed by atoms with E-state index in [1.54, 1.807) is 12.1 Å². The number of hydrogen-bond donors (Lipinski definition) is 3. The normalized spacial score (nSPS) is 15.7. The quantitative estimate of drug-likeness (QED) is 0.562. The minimum atomic E-state index is -0.654. The van der Waals surface area contributed by atoms with Crippen molar-refractivity contribution in [3.63, 3.8) is 0 Å². The molecule has 2 amide bonds. The van der Waals surface area contributed by atoms with Crippen molar-refractivity contribution in [2.75, 3.05) is 39.3 Å². The van der Waals surface area contributed by atoms with Gasteiger partial charge in [-0.3, -0.25) is 9.59 Å². The molecular weight excluding hydrogens is 356 g/mol. The Balaban J connectivity index is 1.52. The average molecular weight is 384 g/mol. The van der Waals surface area contributed by atoms with Gasteiger partial charge in [-0.15, -0.1) is 0 Å². The van der Waals surface area contributed by atoms with E-state index in [0.717, 1.165) is 44.7 Å². The van der Waals surface area contributed by atoms with Crippen LogP contribution < -0.4 is 16.0 Å². The molecule has 2 aromatic rings. The highest BCUT2D eigenvalue weighted by atomic mass is 16.3. The Labute approximate surface area is 165 Å². The number of rotatable bonds is 9. The first kappa shape index (κ1) is 20.1. The van der Waals surface area contributed by atoms with Crippen LogP contribution in [0.4, 0.5) is 0 Å². The SMILES string of the molecule is O=C(NC(Cc1ccccc1)C(=O)NCCCN1CCNCC1)c1ccco1. The van der Waals surface area contributed by atoms with E-state index < -0.39 is 6.04 Å². The van der Waals surface area contributed by atoms with Gasteiger partial charge in [0.25, 0.3) is 5.91 Å². The van der Waals surface area contributed by atoms with Crippen molar-refractivity contribution in [2.24, 2.45) is 0 Å². The van der Waals surface area contributed by atoms with E-state index in [0.29, 0.717) is 13.0 Å². The predicted octanol–water partition coefficient (Wildman–Crippen LogP) is 1.03. The summed E-state index contributed by atoms with van der Waals surface area (Å²) < 4.78 is 5.14. The number of nitrogens with zero attached hydrogens (tertiary/aromatic N) is 1. The molecule has 150 valence electrons. The Hall–Kier alpha value is -2.64. The van der Waals surface area contributed by atoms with Crippen LogP contribution in [0.5, 0.6) is 0 Å². The van der Waals surface area contributed by atoms with Gasteiger partial charge in [-0.2, -0.15) is 0 Å². The molecule has 3 rings (SSSR count). The molecular formula is C21H28N4O3. The van der Waals surface area contributed by atoms with E-state index in [2.05, 4.69) is 20.9 Å². The van der Waals surface area contributed by atoms with Crippen LogP contribution in [0.25, 0.3) is 0 Å². The summed E-state index contributed by atoms with van der Waals surface area (Å²) in [5.41, 5.74) is 0.989. The lowest BCUT2D eigenvalue weighted by Gasteiger charge is -2.27. The first-order valence-corrected chi connectivity index (χ1v) is 9.81. The highest BCUT2D eigenvalue weighted by Crippen LogP contribution is 2.06. The summed E-state index contributed by atoms with van der Waals surface area (Å²) in [5.74, 6) is -0.365. The number of nitrogens with one attached hydrogen (secondary N) is 3. The van der Waals surface area contributed by atoms with E-state index >= 15 is 0 Å². The molecule has 7 nitrogen and oxygen atoms in total. The zero-order valence-corrected chi connectivity index (χ0v) is 16.0. The fraction of sp³-hybridized carbons (Fsp3) is 0.429. The van der Waals surface area contributed by atoms with Crippen molar-refractivity contribution < 1.29 is 14.0 Å². The number of carbonyl (C=O) groups excluding carboxylic acids is 2. The monoisotopic (exact) mass is 384 g/mol. The number of carbonyl (C=O) groups is 2. The maximum Gasteiger partial charge on any atom is 0.287 e. The van der Waals surface area contributed by atoms with Crippen molar-refractivity contribution in [1.29, 1.82) is 0 Å². The topological polar surface area (TPSA) is 86.6 Å². The van der Waals surface area contributed by atoms with Gasteiger partial charge in [0.1, 0.15) is 6.04 Å². The van der Waals surface area contributed by atoms with Gasteiger partial charge < -0.3 is 25.3 Å². The lowest BCUT2D eigenvalue weighted by molar-refractivity contribution is -0.123. The third-order valence-electron chi connectivity index (χ3n) is 4.81. The highest BCUT2D eigenvalue weighted by Gasteiger charge is 2.22. The molecule has 3 N–H and O–H groups in total. The first-order chi connectivity index (χ1) is 13.7. The number of benzene rings is 1. The second-order valence-corrected chi connectivity index (χ2v) is 6.93. The van der Waals surface area contributed by atoms with Gasteiger partial charge in [0.15, 0.2) is 5.76 Å². The van der Waals surface area contributed by atoms with Crippen molar-refractivity contribution in [1.82, 2.24) is 20.9 Å². The molecule has 1 fully saturated rings. The van der Waals surface area contributed by atoms with Gasteiger partial charge in [0, 0.05) is 39.1 Å². The van der Waals surface area contributed by atoms with Gasteiger partial charge in [-0.05, 0) is 30.7 Å². The fourth-order valence-electron chi connectivity index (χ4n) is 3.27. The molecule has 1 aromatic heterocycles. The summed E-state index contributed by atoms with van der Waals surface area (Å²) in [6.07, 6.45) is 2.75. The van der Waals surface area contributed by atoms with E-state index in [4.69, 9.17) is 4.42 Å². The van der Waals surface area contributed by atoms with E-state index in [-0.39, 0.29) is 17.6 Å². The minimum Gasteiger partial charge on any atom is -0.459 e. The standard InChI is InChI=1S/C21H28N4O3/c26-20(23-9-5-12-25-13-10-22-11-14-25)18(16-17-6-2-1-3-7-17)24-21(27)19-8-4-15-28-19/h1-4,6-8,15,18,22H,5,9-14,16H2,(H,23,26)(H,24,27). The zero-order valence-electron chi connectivity index (χ0n) is 16.0. The summed E-state index contributed by atoms with van der Waals surface area (Å²) in [5, 5.41) is 9.09. The third kappa shape index (κ3) is 6.21. The molecule has 0 radical (unpaired) electrons. The summed E-state index contributed by atoms with van der Waals surface area (Å²) in [6, 6.07) is 12.2. The van der Waals surface area contributed by atoms with Crippen molar-refractivity contribution in [3.8, 4) is 0 Å². The van der Waals surface area contributed by atoms with Crippen LogP contribution in [0.15, 0.2) is 53.1 Å². The van der Waals surface area contributed by atoms with Crippen LogP contribution in [-0.2, 0) is 11.2 Å². The van der Waals surface area contributed by atoms with Crippen LogP contribution in [0.2, 0.25) is 0 Å². The molecule has 0 aliphatic carbocycles. The Bertz CT molecular complexity index is 727. The molecule has 1 aliphatic rings. The van der Waals surface area contributed by atoms with Crippen molar-refractivity contribution in [2.45, 2.75) is 18.9 Å². The van der Waals surface area contributed by atoms with E-state index in [9.17, 15) is 9.59 Å². The second kappa shape index (κ2) is 10.6. The third-order valence-corrected chi connectivity index (χ3v) is 4.81. The molecule has 0 bridgehead atoms. The molecule has 0 saturated carbocycles. The maximum absolute atomic E-state index is 12.7. The molecule has 1 atom stereocenters. The van der Waals surface area contributed by atoms with Crippen molar-refractivity contribution in [3.05, 3.63) is 60.1 Å².